The van der Waals surface area contributed by atoms with Crippen molar-refractivity contribution in [2.45, 2.75) is 64.7 Å². The van der Waals surface area contributed by atoms with Crippen LogP contribution in [0.25, 0.3) is 0 Å². The molecular weight excluding hydrogens is 346 g/mol. The van der Waals surface area contributed by atoms with Crippen LogP contribution in [-0.4, -0.2) is 49.5 Å². The van der Waals surface area contributed by atoms with Crippen molar-refractivity contribution in [3.63, 3.8) is 0 Å². The van der Waals surface area contributed by atoms with Gasteiger partial charge in [-0.3, -0.25) is 9.24 Å². The maximum atomic E-state index is 13.5. The molecule has 6 nitrogen and oxygen atoms in total. The van der Waals surface area contributed by atoms with E-state index in [1.165, 1.54) is 14.2 Å². The van der Waals surface area contributed by atoms with Crippen molar-refractivity contribution in [3.05, 3.63) is 0 Å². The van der Waals surface area contributed by atoms with Crippen LogP contribution in [0.15, 0.2) is 0 Å². The highest BCUT2D eigenvalue weighted by molar-refractivity contribution is 7.62. The normalized spacial score (nSPS) is 13.0. The van der Waals surface area contributed by atoms with Crippen LogP contribution in [0.4, 0.5) is 0 Å². The molecule has 0 aliphatic heterocycles. The van der Waals surface area contributed by atoms with E-state index in [-0.39, 0.29) is 11.3 Å². The minimum Gasteiger partial charge on any atom is -0.312 e. The monoisotopic (exact) mass is 380 g/mol. The van der Waals surface area contributed by atoms with Crippen LogP contribution < -0.4 is 0 Å². The van der Waals surface area contributed by atoms with Gasteiger partial charge in [-0.1, -0.05) is 34.1 Å². The fraction of sp³-hybridized carbons (Fsp3) is 0.938. The smallest absolute Gasteiger partial charge is 0.312 e. The predicted octanol–water partition coefficient (Wildman–Crippen LogP) is 4.95. The van der Waals surface area contributed by atoms with Gasteiger partial charge >= 0.3 is 7.60 Å². The van der Waals surface area contributed by atoms with E-state index in [1.807, 2.05) is 32.4 Å². The number of nitriles is 1. The van der Waals surface area contributed by atoms with Crippen LogP contribution in [0.3, 0.4) is 0 Å². The molecule has 0 aliphatic carbocycles. The first-order chi connectivity index (χ1) is 11.2. The second-order valence-electron chi connectivity index (χ2n) is 6.48. The minimum absolute atomic E-state index is 0.0680. The lowest BCUT2D eigenvalue weighted by Crippen LogP contribution is -2.30. The molecule has 0 amide bonds. The van der Waals surface area contributed by atoms with Gasteiger partial charge in [-0.15, -0.1) is 0 Å². The van der Waals surface area contributed by atoms with Crippen LogP contribution in [0.5, 0.6) is 0 Å². The maximum absolute atomic E-state index is 13.5. The maximum Gasteiger partial charge on any atom is 0.330 e. The first-order valence-electron chi connectivity index (χ1n) is 8.60. The van der Waals surface area contributed by atoms with E-state index in [4.69, 9.17) is 14.3 Å². The Hall–Kier alpha value is -0.170. The molecule has 0 N–H and O–H groups in total. The van der Waals surface area contributed by atoms with E-state index in [9.17, 15) is 9.13 Å². The fourth-order valence-corrected chi connectivity index (χ4v) is 7.38. The summed E-state index contributed by atoms with van der Waals surface area (Å²) in [6.45, 7) is 9.21. The second kappa shape index (κ2) is 11.4. The van der Waals surface area contributed by atoms with E-state index < -0.39 is 14.9 Å². The van der Waals surface area contributed by atoms with Gasteiger partial charge < -0.3 is 13.6 Å². The summed E-state index contributed by atoms with van der Waals surface area (Å²) in [5.74, 6) is 0. The summed E-state index contributed by atoms with van der Waals surface area (Å²) in [6, 6.07) is 2.15. The molecule has 0 aromatic carbocycles. The lowest BCUT2D eigenvalue weighted by Gasteiger charge is -2.37. The standard InChI is InChI=1S/C16H34N2O4P2/c1-15(2)24(20,16(3)4)18(13-10-11-17)12-8-7-9-14-23(19,21-5)22-6/h15-16H,7-10,12-14H2,1-6H3. The highest BCUT2D eigenvalue weighted by atomic mass is 31.2. The third kappa shape index (κ3) is 6.98. The summed E-state index contributed by atoms with van der Waals surface area (Å²) in [5, 5.41) is 8.89. The second-order valence-corrected chi connectivity index (χ2v) is 12.9. The Bertz CT molecular complexity index is 469. The van der Waals surface area contributed by atoms with Crippen molar-refractivity contribution in [3.8, 4) is 6.07 Å². The molecule has 0 bridgehead atoms. The van der Waals surface area contributed by atoms with Gasteiger partial charge in [-0.2, -0.15) is 5.26 Å². The molecule has 0 aromatic rings. The molecule has 8 heteroatoms. The molecule has 0 atom stereocenters. The first-order valence-corrected chi connectivity index (χ1v) is 12.1. The van der Waals surface area contributed by atoms with E-state index in [0.717, 1.165) is 19.3 Å². The Morgan fingerprint density at radius 1 is 0.958 bits per heavy atom. The molecule has 0 aromatic heterocycles. The van der Waals surface area contributed by atoms with Gasteiger partial charge in [0.15, 0.2) is 7.29 Å². The van der Waals surface area contributed by atoms with Crippen molar-refractivity contribution < 1.29 is 18.2 Å². The zero-order valence-corrected chi connectivity index (χ0v) is 17.8. The average molecular weight is 380 g/mol. The molecule has 0 saturated heterocycles. The highest BCUT2D eigenvalue weighted by Gasteiger charge is 2.36. The van der Waals surface area contributed by atoms with Gasteiger partial charge in [0.2, 0.25) is 0 Å². The minimum atomic E-state index is -2.94. The van der Waals surface area contributed by atoms with Gasteiger partial charge in [0.05, 0.1) is 12.2 Å². The molecular formula is C16H34N2O4P2. The Kier molecular flexibility index (Phi) is 11.4. The largest absolute Gasteiger partial charge is 0.330 e. The fourth-order valence-electron chi connectivity index (χ4n) is 2.89. The number of rotatable bonds is 13. The lowest BCUT2D eigenvalue weighted by atomic mass is 10.2. The molecule has 0 rings (SSSR count). The van der Waals surface area contributed by atoms with E-state index in [1.54, 1.807) is 0 Å². The van der Waals surface area contributed by atoms with Gasteiger partial charge in [0.25, 0.3) is 0 Å². The first kappa shape index (κ1) is 23.8. The zero-order valence-electron chi connectivity index (χ0n) is 16.0. The average Bonchev–Trinajstić information content (AvgIpc) is 2.55. The SMILES string of the molecule is COP(=O)(CCCCCN(CCC#N)P(=O)(C(C)C)C(C)C)OC. The van der Waals surface area contributed by atoms with Crippen molar-refractivity contribution in [1.29, 1.82) is 5.26 Å². The van der Waals surface area contributed by atoms with Gasteiger partial charge in [-0.25, -0.2) is 0 Å². The summed E-state index contributed by atoms with van der Waals surface area (Å²) in [7, 11) is -2.66. The molecule has 24 heavy (non-hydrogen) atoms. The third-order valence-corrected chi connectivity index (χ3v) is 10.5. The summed E-state index contributed by atoms with van der Waals surface area (Å²) in [6.07, 6.45) is 3.22. The zero-order chi connectivity index (χ0) is 18.8. The molecule has 0 saturated carbocycles. The van der Waals surface area contributed by atoms with Gasteiger partial charge in [0, 0.05) is 45.0 Å². The van der Waals surface area contributed by atoms with Gasteiger partial charge in [0.1, 0.15) is 0 Å². The van der Waals surface area contributed by atoms with Crippen LogP contribution in [0.2, 0.25) is 0 Å². The Balaban J connectivity index is 4.69. The molecule has 0 spiro atoms. The Morgan fingerprint density at radius 2 is 1.50 bits per heavy atom. The summed E-state index contributed by atoms with van der Waals surface area (Å²) >= 11 is 0. The van der Waals surface area contributed by atoms with E-state index in [0.29, 0.717) is 25.7 Å². The van der Waals surface area contributed by atoms with Crippen LogP contribution in [-0.2, 0) is 18.2 Å². The summed E-state index contributed by atoms with van der Waals surface area (Å²) in [4.78, 5) is 0. The number of hydrogen-bond donors (Lipinski definition) is 0. The lowest BCUT2D eigenvalue weighted by molar-refractivity contribution is 0.274. The van der Waals surface area contributed by atoms with Crippen LogP contribution in [0.1, 0.15) is 53.4 Å². The summed E-state index contributed by atoms with van der Waals surface area (Å²) in [5.41, 5.74) is 0.136. The predicted molar refractivity (Wildman–Crippen MR) is 100 cm³/mol. The van der Waals surface area contributed by atoms with Crippen molar-refractivity contribution in [2.24, 2.45) is 0 Å². The van der Waals surface area contributed by atoms with Crippen LogP contribution >= 0.6 is 14.9 Å². The molecule has 142 valence electrons. The topological polar surface area (TPSA) is 79.6 Å². The number of unbranched alkanes of at least 4 members (excludes halogenated alkanes) is 2. The molecule has 0 radical (unpaired) electrons. The summed E-state index contributed by atoms with van der Waals surface area (Å²) < 4.78 is 37.3. The Morgan fingerprint density at radius 3 is 1.92 bits per heavy atom. The van der Waals surface area contributed by atoms with E-state index >= 15 is 0 Å². The number of nitrogens with zero attached hydrogens (tertiary/aromatic N) is 2. The van der Waals surface area contributed by atoms with E-state index in [2.05, 4.69) is 6.07 Å². The van der Waals surface area contributed by atoms with Gasteiger partial charge in [-0.05, 0) is 12.8 Å². The van der Waals surface area contributed by atoms with Crippen molar-refractivity contribution >= 4 is 14.9 Å². The molecule has 0 heterocycles. The highest BCUT2D eigenvalue weighted by Crippen LogP contribution is 2.58. The van der Waals surface area contributed by atoms with Crippen molar-refractivity contribution in [1.82, 2.24) is 4.67 Å². The molecule has 0 fully saturated rings. The Labute approximate surface area is 147 Å². The number of hydrogen-bond acceptors (Lipinski definition) is 5. The van der Waals surface area contributed by atoms with Crippen molar-refractivity contribution in [2.75, 3.05) is 33.5 Å². The van der Waals surface area contributed by atoms with Crippen LogP contribution in [0, 0.1) is 11.3 Å². The molecule has 0 unspecified atom stereocenters. The quantitative estimate of drug-likeness (QED) is 0.332. The third-order valence-electron chi connectivity index (χ3n) is 4.31. The molecule has 0 aliphatic rings.